The van der Waals surface area contributed by atoms with Crippen LogP contribution in [0.5, 0.6) is 0 Å². The third-order valence-electron chi connectivity index (χ3n) is 3.82. The second kappa shape index (κ2) is 9.80. The molecule has 1 N–H and O–H groups in total. The number of nitrogens with zero attached hydrogens (tertiary/aromatic N) is 5. The van der Waals surface area contributed by atoms with Gasteiger partial charge in [-0.3, -0.25) is 0 Å². The number of aromatic nitrogens is 4. The van der Waals surface area contributed by atoms with Crippen molar-refractivity contribution in [3.63, 3.8) is 0 Å². The van der Waals surface area contributed by atoms with E-state index in [1.807, 2.05) is 6.07 Å². The van der Waals surface area contributed by atoms with Crippen molar-refractivity contribution < 1.29 is 13.2 Å². The Morgan fingerprint density at radius 3 is 2.48 bits per heavy atom. The number of nitriles is 1. The van der Waals surface area contributed by atoms with Crippen LogP contribution in [0.3, 0.4) is 0 Å². The number of rotatable bonds is 6. The van der Waals surface area contributed by atoms with Gasteiger partial charge in [-0.05, 0) is 37.1 Å². The summed E-state index contributed by atoms with van der Waals surface area (Å²) in [5.41, 5.74) is 0.378. The number of nitrogens with one attached hydrogen (secondary N) is 1. The highest BCUT2D eigenvalue weighted by molar-refractivity contribution is 5.85. The van der Waals surface area contributed by atoms with Crippen molar-refractivity contribution in [1.29, 1.82) is 5.26 Å². The Labute approximate surface area is 171 Å². The molecule has 0 saturated carbocycles. The zero-order valence-corrected chi connectivity index (χ0v) is 15.8. The van der Waals surface area contributed by atoms with Crippen LogP contribution >= 0.6 is 12.4 Å². The normalized spacial score (nSPS) is 10.7. The lowest BCUT2D eigenvalue weighted by molar-refractivity contribution is -0.137. The van der Waals surface area contributed by atoms with Gasteiger partial charge in [-0.2, -0.15) is 18.4 Å². The molecule has 6 nitrogen and oxygen atoms in total. The topological polar surface area (TPSA) is 87.4 Å². The van der Waals surface area contributed by atoms with Crippen LogP contribution < -0.4 is 5.32 Å². The number of aryl methyl sites for hydroxylation is 1. The molecule has 3 aromatic rings. The first kappa shape index (κ1) is 22.0. The molecule has 0 unspecified atom stereocenters. The lowest BCUT2D eigenvalue weighted by Crippen LogP contribution is -2.07. The molecule has 0 spiro atoms. The molecule has 3 rings (SSSR count). The molecule has 0 bridgehead atoms. The van der Waals surface area contributed by atoms with Crippen molar-refractivity contribution in [2.75, 3.05) is 11.9 Å². The van der Waals surface area contributed by atoms with E-state index in [0.717, 1.165) is 12.1 Å². The van der Waals surface area contributed by atoms with Crippen molar-refractivity contribution in [2.24, 2.45) is 0 Å². The molecule has 2 heterocycles. The maximum atomic E-state index is 13.0. The van der Waals surface area contributed by atoms with Gasteiger partial charge >= 0.3 is 6.18 Å². The molecule has 150 valence electrons. The average molecular weight is 421 g/mol. The van der Waals surface area contributed by atoms with Gasteiger partial charge in [-0.25, -0.2) is 19.9 Å². The molecular weight excluding hydrogens is 405 g/mol. The van der Waals surface area contributed by atoms with Crippen LogP contribution in [0.2, 0.25) is 0 Å². The molecule has 0 atom stereocenters. The highest BCUT2D eigenvalue weighted by Gasteiger charge is 2.30. The Bertz CT molecular complexity index is 989. The predicted octanol–water partition coefficient (Wildman–Crippen LogP) is 4.29. The van der Waals surface area contributed by atoms with Gasteiger partial charge in [0.2, 0.25) is 11.8 Å². The van der Waals surface area contributed by atoms with E-state index < -0.39 is 11.7 Å². The summed E-state index contributed by atoms with van der Waals surface area (Å²) in [6.07, 6.45) is -0.0130. The quantitative estimate of drug-likeness (QED) is 0.598. The van der Waals surface area contributed by atoms with Crippen LogP contribution in [0.15, 0.2) is 48.8 Å². The van der Waals surface area contributed by atoms with Gasteiger partial charge in [-0.15, -0.1) is 12.4 Å². The Kier molecular flexibility index (Phi) is 7.45. The second-order valence-electron chi connectivity index (χ2n) is 5.86. The van der Waals surface area contributed by atoms with Crippen LogP contribution in [-0.4, -0.2) is 26.5 Å². The Morgan fingerprint density at radius 1 is 1.03 bits per heavy atom. The first-order chi connectivity index (χ1) is 13.5. The lowest BCUT2D eigenvalue weighted by Gasteiger charge is -2.10. The summed E-state index contributed by atoms with van der Waals surface area (Å²) >= 11 is 0. The summed E-state index contributed by atoms with van der Waals surface area (Å²) in [5, 5.41) is 12.2. The van der Waals surface area contributed by atoms with Crippen molar-refractivity contribution in [1.82, 2.24) is 19.9 Å². The fourth-order valence-corrected chi connectivity index (χ4v) is 2.54. The lowest BCUT2D eigenvalue weighted by atomic mass is 10.1. The molecule has 29 heavy (non-hydrogen) atoms. The summed E-state index contributed by atoms with van der Waals surface area (Å²) in [4.78, 5) is 16.3. The van der Waals surface area contributed by atoms with E-state index in [-0.39, 0.29) is 29.5 Å². The molecule has 2 aromatic heterocycles. The first-order valence-corrected chi connectivity index (χ1v) is 8.42. The van der Waals surface area contributed by atoms with Crippen LogP contribution in [-0.2, 0) is 12.6 Å². The van der Waals surface area contributed by atoms with Crippen LogP contribution in [0, 0.1) is 11.3 Å². The minimum atomic E-state index is -4.45. The summed E-state index contributed by atoms with van der Waals surface area (Å²) in [6.45, 7) is 0.578. The number of hydrogen-bond acceptors (Lipinski definition) is 6. The maximum Gasteiger partial charge on any atom is 0.416 e. The molecule has 0 aliphatic heterocycles. The number of benzene rings is 1. The van der Waals surface area contributed by atoms with E-state index in [1.54, 1.807) is 24.5 Å². The molecular formula is C19H16ClF3N6. The number of alkyl halides is 3. The summed E-state index contributed by atoms with van der Waals surface area (Å²) in [5.74, 6) is 0.428. The molecule has 0 fully saturated rings. The molecule has 0 saturated heterocycles. The molecule has 0 aliphatic rings. The zero-order valence-electron chi connectivity index (χ0n) is 15.0. The minimum Gasteiger partial charge on any atom is -0.354 e. The van der Waals surface area contributed by atoms with Gasteiger partial charge in [0.05, 0.1) is 11.3 Å². The van der Waals surface area contributed by atoms with Gasteiger partial charge in [0, 0.05) is 30.2 Å². The van der Waals surface area contributed by atoms with Gasteiger partial charge < -0.3 is 5.32 Å². The van der Waals surface area contributed by atoms with Gasteiger partial charge in [0.1, 0.15) is 6.07 Å². The minimum absolute atomic E-state index is 0. The molecule has 0 amide bonds. The second-order valence-corrected chi connectivity index (χ2v) is 5.86. The van der Waals surface area contributed by atoms with Crippen molar-refractivity contribution in [2.45, 2.75) is 19.0 Å². The van der Waals surface area contributed by atoms with E-state index in [0.29, 0.717) is 31.0 Å². The summed E-state index contributed by atoms with van der Waals surface area (Å²) in [7, 11) is 0. The predicted molar refractivity (Wildman–Crippen MR) is 103 cm³/mol. The molecule has 0 aliphatic carbocycles. The van der Waals surface area contributed by atoms with Crippen molar-refractivity contribution in [3.05, 3.63) is 65.9 Å². The molecule has 0 radical (unpaired) electrons. The largest absolute Gasteiger partial charge is 0.416 e. The third kappa shape index (κ3) is 6.12. The third-order valence-corrected chi connectivity index (χ3v) is 3.82. The maximum absolute atomic E-state index is 13.0. The van der Waals surface area contributed by atoms with Crippen LogP contribution in [0.1, 0.15) is 23.5 Å². The number of hydrogen-bond donors (Lipinski definition) is 1. The van der Waals surface area contributed by atoms with Gasteiger partial charge in [-0.1, -0.05) is 12.1 Å². The highest BCUT2D eigenvalue weighted by Crippen LogP contribution is 2.31. The van der Waals surface area contributed by atoms with Crippen molar-refractivity contribution in [3.8, 4) is 17.3 Å². The Balaban J connectivity index is 0.00000300. The Hall–Kier alpha value is -3.25. The molecule has 10 heteroatoms. The number of halogens is 4. The summed E-state index contributed by atoms with van der Waals surface area (Å²) < 4.78 is 38.9. The van der Waals surface area contributed by atoms with E-state index >= 15 is 0 Å². The average Bonchev–Trinajstić information content (AvgIpc) is 2.71. The summed E-state index contributed by atoms with van der Waals surface area (Å²) in [6, 6.07) is 10.0. The van der Waals surface area contributed by atoms with E-state index in [9.17, 15) is 13.2 Å². The fraction of sp³-hybridized carbons (Fsp3) is 0.211. The standard InChI is InChI=1S/C19H15F3N6.ClH/c20-19(21,22)14-5-1-4-13(10-14)16-11-15(27-17(12-23)28-16)6-2-7-24-18-25-8-3-9-26-18;/h1,3-5,8-11H,2,6-7H2,(H,24,25,26);1H. The van der Waals surface area contributed by atoms with Crippen molar-refractivity contribution >= 4 is 18.4 Å². The fourth-order valence-electron chi connectivity index (χ4n) is 2.54. The van der Waals surface area contributed by atoms with E-state index in [1.165, 1.54) is 12.1 Å². The first-order valence-electron chi connectivity index (χ1n) is 8.42. The SMILES string of the molecule is Cl.N#Cc1nc(CCCNc2ncccn2)cc(-c2cccc(C(F)(F)F)c2)n1. The van der Waals surface area contributed by atoms with Crippen LogP contribution in [0.4, 0.5) is 19.1 Å². The monoisotopic (exact) mass is 420 g/mol. The van der Waals surface area contributed by atoms with Crippen LogP contribution in [0.25, 0.3) is 11.3 Å². The van der Waals surface area contributed by atoms with Gasteiger partial charge in [0.25, 0.3) is 0 Å². The van der Waals surface area contributed by atoms with E-state index in [4.69, 9.17) is 5.26 Å². The van der Waals surface area contributed by atoms with Gasteiger partial charge in [0.15, 0.2) is 0 Å². The smallest absolute Gasteiger partial charge is 0.354 e. The molecule has 1 aromatic carbocycles. The van der Waals surface area contributed by atoms with E-state index in [2.05, 4.69) is 25.3 Å². The highest BCUT2D eigenvalue weighted by atomic mass is 35.5. The zero-order chi connectivity index (χ0) is 20.0. The Morgan fingerprint density at radius 2 is 1.79 bits per heavy atom. The number of anilines is 1.